The van der Waals surface area contributed by atoms with Gasteiger partial charge in [-0.25, -0.2) is 0 Å². The van der Waals surface area contributed by atoms with E-state index in [0.717, 1.165) is 12.8 Å². The van der Waals surface area contributed by atoms with Gasteiger partial charge in [0.15, 0.2) is 0 Å². The van der Waals surface area contributed by atoms with Crippen LogP contribution < -0.4 is 0 Å². The van der Waals surface area contributed by atoms with E-state index in [1.165, 1.54) is 4.90 Å². The van der Waals surface area contributed by atoms with E-state index in [2.05, 4.69) is 0 Å². The molecule has 0 aromatic heterocycles. The standard InChI is InChI=1S/C10H16N2O3/c1-7(13)4-12-9(14)5-11(6-10(12)15)8-2-3-8/h7-8,13H,2-6H2,1H3. The van der Waals surface area contributed by atoms with Gasteiger partial charge in [0.05, 0.1) is 25.7 Å². The van der Waals surface area contributed by atoms with Crippen molar-refractivity contribution in [3.63, 3.8) is 0 Å². The van der Waals surface area contributed by atoms with Crippen LogP contribution in [0.1, 0.15) is 19.8 Å². The molecule has 1 aliphatic heterocycles. The van der Waals surface area contributed by atoms with Crippen LogP contribution in [0, 0.1) is 0 Å². The lowest BCUT2D eigenvalue weighted by Gasteiger charge is -2.33. The highest BCUT2D eigenvalue weighted by Gasteiger charge is 2.38. The van der Waals surface area contributed by atoms with E-state index >= 15 is 0 Å². The average Bonchev–Trinajstić information content (AvgIpc) is 2.93. The third-order valence-electron chi connectivity index (χ3n) is 2.79. The number of imide groups is 1. The van der Waals surface area contributed by atoms with Gasteiger partial charge in [-0.05, 0) is 19.8 Å². The van der Waals surface area contributed by atoms with Crippen molar-refractivity contribution in [2.75, 3.05) is 19.6 Å². The van der Waals surface area contributed by atoms with Gasteiger partial charge in [-0.3, -0.25) is 19.4 Å². The highest BCUT2D eigenvalue weighted by molar-refractivity contribution is 5.99. The highest BCUT2D eigenvalue weighted by Crippen LogP contribution is 2.27. The van der Waals surface area contributed by atoms with Crippen molar-refractivity contribution in [1.82, 2.24) is 9.80 Å². The van der Waals surface area contributed by atoms with Crippen LogP contribution in [-0.2, 0) is 9.59 Å². The molecule has 1 saturated carbocycles. The molecule has 1 saturated heterocycles. The lowest BCUT2D eigenvalue weighted by Crippen LogP contribution is -2.55. The molecule has 2 rings (SSSR count). The van der Waals surface area contributed by atoms with Crippen molar-refractivity contribution < 1.29 is 14.7 Å². The molecule has 1 aliphatic carbocycles. The average molecular weight is 212 g/mol. The van der Waals surface area contributed by atoms with Crippen LogP contribution in [0.25, 0.3) is 0 Å². The van der Waals surface area contributed by atoms with Gasteiger partial charge in [-0.2, -0.15) is 0 Å². The van der Waals surface area contributed by atoms with E-state index in [-0.39, 0.29) is 18.4 Å². The Labute approximate surface area is 88.6 Å². The molecule has 84 valence electrons. The first-order chi connectivity index (χ1) is 7.08. The molecule has 0 spiro atoms. The molecule has 1 atom stereocenters. The highest BCUT2D eigenvalue weighted by atomic mass is 16.3. The van der Waals surface area contributed by atoms with Crippen molar-refractivity contribution >= 4 is 11.8 Å². The smallest absolute Gasteiger partial charge is 0.243 e. The number of nitrogens with zero attached hydrogens (tertiary/aromatic N) is 2. The third kappa shape index (κ3) is 2.35. The summed E-state index contributed by atoms with van der Waals surface area (Å²) in [5.74, 6) is -0.363. The summed E-state index contributed by atoms with van der Waals surface area (Å²) in [6.07, 6.45) is 1.54. The summed E-state index contributed by atoms with van der Waals surface area (Å²) >= 11 is 0. The lowest BCUT2D eigenvalue weighted by molar-refractivity contribution is -0.153. The summed E-state index contributed by atoms with van der Waals surface area (Å²) in [6, 6.07) is 0.437. The zero-order valence-electron chi connectivity index (χ0n) is 8.85. The number of carbonyl (C=O) groups excluding carboxylic acids is 2. The van der Waals surface area contributed by atoms with Gasteiger partial charge in [0.25, 0.3) is 0 Å². The van der Waals surface area contributed by atoms with Crippen LogP contribution in [0.15, 0.2) is 0 Å². The second-order valence-corrected chi connectivity index (χ2v) is 4.38. The largest absolute Gasteiger partial charge is 0.392 e. The molecule has 5 nitrogen and oxygen atoms in total. The Balaban J connectivity index is 1.97. The monoisotopic (exact) mass is 212 g/mol. The predicted octanol–water partition coefficient (Wildman–Crippen LogP) is -0.800. The molecule has 0 bridgehead atoms. The second kappa shape index (κ2) is 3.90. The van der Waals surface area contributed by atoms with Crippen LogP contribution in [0.4, 0.5) is 0 Å². The number of piperazine rings is 1. The third-order valence-corrected chi connectivity index (χ3v) is 2.79. The Kier molecular flexibility index (Phi) is 2.75. The first-order valence-corrected chi connectivity index (χ1v) is 5.33. The normalized spacial score (nSPS) is 25.9. The maximum absolute atomic E-state index is 11.6. The fourth-order valence-corrected chi connectivity index (χ4v) is 1.88. The first-order valence-electron chi connectivity index (χ1n) is 5.33. The predicted molar refractivity (Wildman–Crippen MR) is 53.0 cm³/mol. The minimum Gasteiger partial charge on any atom is -0.392 e. The van der Waals surface area contributed by atoms with Gasteiger partial charge in [0.2, 0.25) is 11.8 Å². The van der Waals surface area contributed by atoms with E-state index in [9.17, 15) is 9.59 Å². The number of hydrogen-bond donors (Lipinski definition) is 1. The quantitative estimate of drug-likeness (QED) is 0.622. The minimum atomic E-state index is -0.648. The molecule has 2 fully saturated rings. The molecule has 5 heteroatoms. The van der Waals surface area contributed by atoms with Crippen molar-refractivity contribution in [2.45, 2.75) is 31.9 Å². The summed E-state index contributed by atoms with van der Waals surface area (Å²) in [5, 5.41) is 9.17. The summed E-state index contributed by atoms with van der Waals surface area (Å²) in [7, 11) is 0. The van der Waals surface area contributed by atoms with Gasteiger partial charge in [-0.15, -0.1) is 0 Å². The van der Waals surface area contributed by atoms with Crippen molar-refractivity contribution in [3.05, 3.63) is 0 Å². The molecule has 1 N–H and O–H groups in total. The molecule has 1 heterocycles. The van der Waals surface area contributed by atoms with E-state index in [4.69, 9.17) is 5.11 Å². The molecule has 2 aliphatic rings. The number of β-amino-alcohol motifs (C(OH)–C–C–N with tert-alkyl or cyclic N) is 1. The Morgan fingerprint density at radius 1 is 1.33 bits per heavy atom. The maximum Gasteiger partial charge on any atom is 0.243 e. The van der Waals surface area contributed by atoms with Crippen LogP contribution in [-0.4, -0.2) is 58.5 Å². The summed E-state index contributed by atoms with van der Waals surface area (Å²) in [5.41, 5.74) is 0. The zero-order chi connectivity index (χ0) is 11.0. The molecule has 2 amide bonds. The van der Waals surface area contributed by atoms with Crippen LogP contribution >= 0.6 is 0 Å². The van der Waals surface area contributed by atoms with Crippen molar-refractivity contribution in [2.24, 2.45) is 0 Å². The molecular weight excluding hydrogens is 196 g/mol. The number of aliphatic hydroxyl groups excluding tert-OH is 1. The van der Waals surface area contributed by atoms with Crippen molar-refractivity contribution in [1.29, 1.82) is 0 Å². The first kappa shape index (κ1) is 10.6. The Morgan fingerprint density at radius 3 is 2.27 bits per heavy atom. The molecule has 0 radical (unpaired) electrons. The van der Waals surface area contributed by atoms with E-state index < -0.39 is 6.10 Å². The topological polar surface area (TPSA) is 60.9 Å². The summed E-state index contributed by atoms with van der Waals surface area (Å²) in [6.45, 7) is 2.34. The van der Waals surface area contributed by atoms with E-state index in [1.54, 1.807) is 6.92 Å². The van der Waals surface area contributed by atoms with Crippen LogP contribution in [0.3, 0.4) is 0 Å². The number of aliphatic hydroxyl groups is 1. The maximum atomic E-state index is 11.6. The van der Waals surface area contributed by atoms with Gasteiger partial charge >= 0.3 is 0 Å². The Hall–Kier alpha value is -0.940. The number of rotatable bonds is 3. The van der Waals surface area contributed by atoms with E-state index in [1.807, 2.05) is 4.90 Å². The number of amides is 2. The molecule has 1 unspecified atom stereocenters. The SMILES string of the molecule is CC(O)CN1C(=O)CN(C2CC2)CC1=O. The van der Waals surface area contributed by atoms with E-state index in [0.29, 0.717) is 19.1 Å². The number of hydrogen-bond acceptors (Lipinski definition) is 4. The van der Waals surface area contributed by atoms with Crippen LogP contribution in [0.2, 0.25) is 0 Å². The fraction of sp³-hybridized carbons (Fsp3) is 0.800. The summed E-state index contributed by atoms with van der Waals surface area (Å²) < 4.78 is 0. The van der Waals surface area contributed by atoms with Gasteiger partial charge in [0.1, 0.15) is 0 Å². The Morgan fingerprint density at radius 2 is 1.87 bits per heavy atom. The van der Waals surface area contributed by atoms with Crippen molar-refractivity contribution in [3.8, 4) is 0 Å². The Bertz CT molecular complexity index is 268. The van der Waals surface area contributed by atoms with Gasteiger partial charge in [-0.1, -0.05) is 0 Å². The van der Waals surface area contributed by atoms with Crippen LogP contribution in [0.5, 0.6) is 0 Å². The molecule has 0 aromatic rings. The summed E-state index contributed by atoms with van der Waals surface area (Å²) in [4.78, 5) is 26.4. The van der Waals surface area contributed by atoms with Gasteiger partial charge < -0.3 is 5.11 Å². The second-order valence-electron chi connectivity index (χ2n) is 4.38. The van der Waals surface area contributed by atoms with Gasteiger partial charge in [0, 0.05) is 6.04 Å². The minimum absolute atomic E-state index is 0.121. The molecule has 0 aromatic carbocycles. The fourth-order valence-electron chi connectivity index (χ4n) is 1.88. The zero-order valence-corrected chi connectivity index (χ0v) is 8.85. The molecular formula is C10H16N2O3. The molecule has 15 heavy (non-hydrogen) atoms. The number of carbonyl (C=O) groups is 2. The lowest BCUT2D eigenvalue weighted by atomic mass is 10.2.